The molecule has 0 fully saturated rings. The number of aromatic nitrogens is 6. The van der Waals surface area contributed by atoms with Crippen LogP contribution in [0.5, 0.6) is 0 Å². The Balaban J connectivity index is 1.83. The highest BCUT2D eigenvalue weighted by Gasteiger charge is 2.30. The molecular formula is C17H18N6. The van der Waals surface area contributed by atoms with Gasteiger partial charge in [0.25, 0.3) is 0 Å². The highest BCUT2D eigenvalue weighted by Crippen LogP contribution is 2.28. The summed E-state index contributed by atoms with van der Waals surface area (Å²) in [6, 6.07) is 6.02. The summed E-state index contributed by atoms with van der Waals surface area (Å²) in [6.45, 7) is 6.22. The minimum atomic E-state index is -0.438. The number of H-pyrrole nitrogens is 2. The Morgan fingerprint density at radius 2 is 1.96 bits per heavy atom. The lowest BCUT2D eigenvalue weighted by atomic mass is 9.91. The number of hydrogen-bond donors (Lipinski definition) is 2. The van der Waals surface area contributed by atoms with Crippen molar-refractivity contribution in [1.82, 2.24) is 29.9 Å². The molecule has 0 saturated heterocycles. The summed E-state index contributed by atoms with van der Waals surface area (Å²) in [6.07, 6.45) is 4.60. The number of nitrogens with one attached hydrogen (secondary N) is 2. The summed E-state index contributed by atoms with van der Waals surface area (Å²) in [5, 5.41) is 1.00. The van der Waals surface area contributed by atoms with E-state index in [0.717, 1.165) is 46.0 Å². The van der Waals surface area contributed by atoms with Crippen molar-refractivity contribution in [3.63, 3.8) is 0 Å². The van der Waals surface area contributed by atoms with Gasteiger partial charge < -0.3 is 9.97 Å². The first-order chi connectivity index (χ1) is 11.1. The maximum atomic E-state index is 4.68. The summed E-state index contributed by atoms with van der Waals surface area (Å²) < 4.78 is 0. The Morgan fingerprint density at radius 1 is 1.09 bits per heavy atom. The smallest absolute Gasteiger partial charge is 0.177 e. The van der Waals surface area contributed by atoms with Gasteiger partial charge in [-0.15, -0.1) is 0 Å². The van der Waals surface area contributed by atoms with Crippen molar-refractivity contribution < 1.29 is 0 Å². The summed E-state index contributed by atoms with van der Waals surface area (Å²) >= 11 is 0. The van der Waals surface area contributed by atoms with Gasteiger partial charge in [-0.1, -0.05) is 6.92 Å². The van der Waals surface area contributed by atoms with Crippen molar-refractivity contribution in [2.24, 2.45) is 0 Å². The molecule has 4 aromatic heterocycles. The highest BCUT2D eigenvalue weighted by molar-refractivity contribution is 5.74. The fourth-order valence-electron chi connectivity index (χ4n) is 2.67. The van der Waals surface area contributed by atoms with Gasteiger partial charge >= 0.3 is 0 Å². The predicted molar refractivity (Wildman–Crippen MR) is 89.3 cm³/mol. The van der Waals surface area contributed by atoms with E-state index in [1.165, 1.54) is 0 Å². The molecule has 0 aliphatic rings. The van der Waals surface area contributed by atoms with Crippen LogP contribution in [0, 0.1) is 0 Å². The number of rotatable bonds is 3. The zero-order valence-corrected chi connectivity index (χ0v) is 13.4. The third-order valence-electron chi connectivity index (χ3n) is 4.22. The van der Waals surface area contributed by atoms with E-state index < -0.39 is 5.41 Å². The third kappa shape index (κ3) is 2.18. The van der Waals surface area contributed by atoms with Crippen molar-refractivity contribution in [2.45, 2.75) is 32.6 Å². The van der Waals surface area contributed by atoms with E-state index in [0.29, 0.717) is 0 Å². The first kappa shape index (κ1) is 13.9. The van der Waals surface area contributed by atoms with Crippen LogP contribution in [0.1, 0.15) is 38.1 Å². The molecule has 4 aromatic rings. The molecule has 2 N–H and O–H groups in total. The quantitative estimate of drug-likeness (QED) is 0.609. The molecule has 0 amide bonds. The van der Waals surface area contributed by atoms with Crippen LogP contribution in [0.4, 0.5) is 0 Å². The van der Waals surface area contributed by atoms with Crippen molar-refractivity contribution in [2.75, 3.05) is 0 Å². The van der Waals surface area contributed by atoms with Gasteiger partial charge in [-0.3, -0.25) is 0 Å². The number of pyridine rings is 1. The molecule has 0 spiro atoms. The second-order valence-electron chi connectivity index (χ2n) is 6.21. The second-order valence-corrected chi connectivity index (χ2v) is 6.21. The van der Waals surface area contributed by atoms with Gasteiger partial charge in [-0.2, -0.15) is 0 Å². The van der Waals surface area contributed by atoms with Crippen LogP contribution in [0.15, 0.2) is 30.6 Å². The lowest BCUT2D eigenvalue weighted by Gasteiger charge is -2.19. The van der Waals surface area contributed by atoms with Crippen LogP contribution >= 0.6 is 0 Å². The molecule has 23 heavy (non-hydrogen) atoms. The molecule has 0 aliphatic carbocycles. The minimum Gasteiger partial charge on any atom is -0.346 e. The summed E-state index contributed by atoms with van der Waals surface area (Å²) in [5.74, 6) is 1.54. The third-order valence-corrected chi connectivity index (χ3v) is 4.22. The Kier molecular flexibility index (Phi) is 2.94. The fourth-order valence-corrected chi connectivity index (χ4v) is 2.67. The molecule has 4 heterocycles. The first-order valence-corrected chi connectivity index (χ1v) is 7.74. The normalized spacial score (nSPS) is 12.3. The van der Waals surface area contributed by atoms with Crippen molar-refractivity contribution in [3.8, 4) is 0 Å². The lowest BCUT2D eigenvalue weighted by molar-refractivity contribution is 0.560. The van der Waals surface area contributed by atoms with Gasteiger partial charge in [0.15, 0.2) is 5.65 Å². The molecule has 0 aliphatic heterocycles. The highest BCUT2D eigenvalue weighted by atomic mass is 15.0. The van der Waals surface area contributed by atoms with Crippen molar-refractivity contribution in [3.05, 3.63) is 47.9 Å². The topological polar surface area (TPSA) is 83.1 Å². The molecule has 0 saturated carbocycles. The van der Waals surface area contributed by atoms with Crippen LogP contribution in [-0.2, 0) is 11.8 Å². The van der Waals surface area contributed by atoms with Gasteiger partial charge in [-0.05, 0) is 38.5 Å². The van der Waals surface area contributed by atoms with Gasteiger partial charge in [0.1, 0.15) is 17.3 Å². The summed E-state index contributed by atoms with van der Waals surface area (Å²) in [7, 11) is 0. The van der Waals surface area contributed by atoms with Gasteiger partial charge in [-0.25, -0.2) is 19.9 Å². The van der Waals surface area contributed by atoms with E-state index in [-0.39, 0.29) is 0 Å². The standard InChI is InChI=1S/C17H18N6/c1-4-11-5-6-12-14(20-11)23-16(21-12)17(2,3)15-19-9-10-7-8-18-13(10)22-15/h5-9H,4H2,1-3H3,(H,18,19,22)(H,20,21,23). The molecule has 0 radical (unpaired) electrons. The molecule has 0 bridgehead atoms. The summed E-state index contributed by atoms with van der Waals surface area (Å²) in [4.78, 5) is 24.9. The molecule has 0 aromatic carbocycles. The average molecular weight is 306 g/mol. The van der Waals surface area contributed by atoms with Gasteiger partial charge in [0.2, 0.25) is 0 Å². The van der Waals surface area contributed by atoms with Crippen LogP contribution in [0.25, 0.3) is 22.2 Å². The predicted octanol–water partition coefficient (Wildman–Crippen LogP) is 3.12. The van der Waals surface area contributed by atoms with E-state index in [1.807, 2.05) is 30.6 Å². The second kappa shape index (κ2) is 4.87. The molecule has 116 valence electrons. The van der Waals surface area contributed by atoms with Crippen molar-refractivity contribution >= 4 is 22.2 Å². The number of aromatic amines is 2. The van der Waals surface area contributed by atoms with E-state index in [9.17, 15) is 0 Å². The number of hydrogen-bond acceptors (Lipinski definition) is 4. The first-order valence-electron chi connectivity index (χ1n) is 7.74. The van der Waals surface area contributed by atoms with Crippen LogP contribution in [0.2, 0.25) is 0 Å². The number of fused-ring (bicyclic) bond motifs is 2. The van der Waals surface area contributed by atoms with E-state index in [1.54, 1.807) is 0 Å². The van der Waals surface area contributed by atoms with Gasteiger partial charge in [0, 0.05) is 23.5 Å². The van der Waals surface area contributed by atoms with Crippen molar-refractivity contribution in [1.29, 1.82) is 0 Å². The van der Waals surface area contributed by atoms with E-state index in [2.05, 4.69) is 50.7 Å². The average Bonchev–Trinajstić information content (AvgIpc) is 3.19. The molecule has 6 nitrogen and oxygen atoms in total. The Labute approximate surface area is 133 Å². The maximum absolute atomic E-state index is 4.68. The fraction of sp³-hybridized carbons (Fsp3) is 0.294. The Morgan fingerprint density at radius 3 is 2.78 bits per heavy atom. The molecule has 6 heteroatoms. The Bertz CT molecular complexity index is 995. The Hall–Kier alpha value is -2.76. The number of imidazole rings is 1. The molecule has 4 rings (SSSR count). The summed E-state index contributed by atoms with van der Waals surface area (Å²) in [5.41, 5.74) is 3.12. The van der Waals surface area contributed by atoms with Crippen LogP contribution in [-0.4, -0.2) is 29.9 Å². The number of nitrogens with zero attached hydrogens (tertiary/aromatic N) is 4. The zero-order chi connectivity index (χ0) is 16.0. The SMILES string of the molecule is CCc1ccc2[nH]c(C(C)(C)c3ncc4cc[nH]c4n3)nc2n1. The van der Waals surface area contributed by atoms with E-state index >= 15 is 0 Å². The number of aryl methyl sites for hydroxylation is 1. The van der Waals surface area contributed by atoms with E-state index in [4.69, 9.17) is 0 Å². The largest absolute Gasteiger partial charge is 0.346 e. The lowest BCUT2D eigenvalue weighted by Crippen LogP contribution is -2.24. The minimum absolute atomic E-state index is 0.438. The maximum Gasteiger partial charge on any atom is 0.177 e. The zero-order valence-electron chi connectivity index (χ0n) is 13.4. The molecular weight excluding hydrogens is 288 g/mol. The molecule has 0 unspecified atom stereocenters. The monoisotopic (exact) mass is 306 g/mol. The molecule has 0 atom stereocenters. The van der Waals surface area contributed by atoms with Crippen LogP contribution < -0.4 is 0 Å². The van der Waals surface area contributed by atoms with Crippen LogP contribution in [0.3, 0.4) is 0 Å². The van der Waals surface area contributed by atoms with Gasteiger partial charge in [0.05, 0.1) is 10.9 Å².